The molecule has 1 heterocycles. The summed E-state index contributed by atoms with van der Waals surface area (Å²) in [6.07, 6.45) is 5.30. The predicted molar refractivity (Wildman–Crippen MR) is 61.3 cm³/mol. The van der Waals surface area contributed by atoms with Crippen molar-refractivity contribution in [2.24, 2.45) is 0 Å². The van der Waals surface area contributed by atoms with Crippen LogP contribution in [0.1, 0.15) is 23.2 Å². The highest BCUT2D eigenvalue weighted by Crippen LogP contribution is 2.27. The summed E-state index contributed by atoms with van der Waals surface area (Å²) in [5.41, 5.74) is 0.192. The second-order valence-corrected chi connectivity index (χ2v) is 3.92. The monoisotopic (exact) mass is 218 g/mol. The number of rotatable bonds is 4. The molecule has 1 N–H and O–H groups in total. The van der Waals surface area contributed by atoms with E-state index in [-0.39, 0.29) is 11.5 Å². The van der Waals surface area contributed by atoms with Crippen LogP contribution in [0.25, 0.3) is 0 Å². The maximum absolute atomic E-state index is 12.1. The standard InChI is InChI=1S/C12H14N2O2/c1-2-7-14(10-3-4-10)12(16)9-5-6-13-11(15)8-9/h2,5-6,8,10H,1,3-4,7H2,(H,13,15). The molecule has 4 heteroatoms. The van der Waals surface area contributed by atoms with E-state index in [1.165, 1.54) is 12.3 Å². The summed E-state index contributed by atoms with van der Waals surface area (Å²) >= 11 is 0. The van der Waals surface area contributed by atoms with Crippen LogP contribution in [0.3, 0.4) is 0 Å². The molecule has 1 amide bonds. The molecule has 1 fully saturated rings. The van der Waals surface area contributed by atoms with Gasteiger partial charge in [-0.05, 0) is 18.9 Å². The number of carbonyl (C=O) groups excluding carboxylic acids is 1. The molecule has 84 valence electrons. The van der Waals surface area contributed by atoms with Crippen LogP contribution in [0, 0.1) is 0 Å². The Hall–Kier alpha value is -1.84. The first kappa shape index (κ1) is 10.7. The zero-order valence-corrected chi connectivity index (χ0v) is 8.98. The smallest absolute Gasteiger partial charge is 0.254 e. The van der Waals surface area contributed by atoms with E-state index < -0.39 is 0 Å². The van der Waals surface area contributed by atoms with Crippen molar-refractivity contribution >= 4 is 5.91 Å². The van der Waals surface area contributed by atoms with E-state index in [1.54, 1.807) is 17.0 Å². The van der Waals surface area contributed by atoms with Crippen LogP contribution in [-0.4, -0.2) is 28.4 Å². The van der Waals surface area contributed by atoms with Gasteiger partial charge in [-0.15, -0.1) is 6.58 Å². The summed E-state index contributed by atoms with van der Waals surface area (Å²) in [7, 11) is 0. The Kier molecular flexibility index (Phi) is 2.90. The van der Waals surface area contributed by atoms with Gasteiger partial charge in [0, 0.05) is 30.4 Å². The van der Waals surface area contributed by atoms with Gasteiger partial charge in [0.05, 0.1) is 0 Å². The number of hydrogen-bond donors (Lipinski definition) is 1. The molecule has 4 nitrogen and oxygen atoms in total. The second kappa shape index (κ2) is 4.35. The van der Waals surface area contributed by atoms with Crippen LogP contribution in [0.15, 0.2) is 35.8 Å². The highest BCUT2D eigenvalue weighted by atomic mass is 16.2. The van der Waals surface area contributed by atoms with Crippen LogP contribution in [0.4, 0.5) is 0 Å². The molecule has 1 aliphatic rings. The average molecular weight is 218 g/mol. The molecule has 16 heavy (non-hydrogen) atoms. The molecule has 0 aliphatic heterocycles. The fourth-order valence-corrected chi connectivity index (χ4v) is 1.67. The number of aromatic nitrogens is 1. The molecule has 0 aromatic carbocycles. The molecule has 1 aromatic heterocycles. The average Bonchev–Trinajstić information content (AvgIpc) is 3.09. The van der Waals surface area contributed by atoms with Crippen molar-refractivity contribution in [1.29, 1.82) is 0 Å². The van der Waals surface area contributed by atoms with Gasteiger partial charge in [-0.3, -0.25) is 9.59 Å². The van der Waals surface area contributed by atoms with Gasteiger partial charge in [0.2, 0.25) is 5.56 Å². The summed E-state index contributed by atoms with van der Waals surface area (Å²) in [5, 5.41) is 0. The zero-order valence-electron chi connectivity index (χ0n) is 8.98. The molecular weight excluding hydrogens is 204 g/mol. The van der Waals surface area contributed by atoms with E-state index in [2.05, 4.69) is 11.6 Å². The van der Waals surface area contributed by atoms with Gasteiger partial charge >= 0.3 is 0 Å². The largest absolute Gasteiger partial charge is 0.332 e. The topological polar surface area (TPSA) is 53.2 Å². The lowest BCUT2D eigenvalue weighted by Gasteiger charge is -2.20. The minimum absolute atomic E-state index is 0.0894. The molecule has 1 saturated carbocycles. The van der Waals surface area contributed by atoms with Gasteiger partial charge in [0.25, 0.3) is 5.91 Å². The number of nitrogens with one attached hydrogen (secondary N) is 1. The van der Waals surface area contributed by atoms with Gasteiger partial charge < -0.3 is 9.88 Å². The fraction of sp³-hybridized carbons (Fsp3) is 0.333. The van der Waals surface area contributed by atoms with Crippen LogP contribution in [0.2, 0.25) is 0 Å². The van der Waals surface area contributed by atoms with Crippen LogP contribution < -0.4 is 5.56 Å². The molecule has 0 bridgehead atoms. The molecule has 1 aromatic rings. The normalized spacial score (nSPS) is 14.5. The van der Waals surface area contributed by atoms with Gasteiger partial charge in [-0.1, -0.05) is 6.08 Å². The number of carbonyl (C=O) groups is 1. The third kappa shape index (κ3) is 2.21. The Balaban J connectivity index is 2.21. The van der Waals surface area contributed by atoms with Crippen molar-refractivity contribution in [3.8, 4) is 0 Å². The molecule has 2 rings (SSSR count). The van der Waals surface area contributed by atoms with Crippen molar-refractivity contribution in [3.05, 3.63) is 46.9 Å². The lowest BCUT2D eigenvalue weighted by Crippen LogP contribution is -2.33. The summed E-state index contributed by atoms with van der Waals surface area (Å²) < 4.78 is 0. The fourth-order valence-electron chi connectivity index (χ4n) is 1.67. The van der Waals surface area contributed by atoms with Gasteiger partial charge in [-0.2, -0.15) is 0 Å². The number of H-pyrrole nitrogens is 1. The summed E-state index contributed by atoms with van der Waals surface area (Å²) in [6, 6.07) is 3.29. The van der Waals surface area contributed by atoms with E-state index in [4.69, 9.17) is 0 Å². The Morgan fingerprint density at radius 3 is 2.94 bits per heavy atom. The van der Waals surface area contributed by atoms with Crippen LogP contribution in [-0.2, 0) is 0 Å². The summed E-state index contributed by atoms with van der Waals surface area (Å²) in [5.74, 6) is -0.0894. The maximum Gasteiger partial charge on any atom is 0.254 e. The van der Waals surface area contributed by atoms with E-state index in [0.717, 1.165) is 12.8 Å². The molecule has 0 saturated heterocycles. The van der Waals surface area contributed by atoms with Crippen molar-refractivity contribution in [1.82, 2.24) is 9.88 Å². The lowest BCUT2D eigenvalue weighted by molar-refractivity contribution is 0.0762. The minimum atomic E-state index is -0.250. The SMILES string of the molecule is C=CCN(C(=O)c1cc[nH]c(=O)c1)C1CC1. The maximum atomic E-state index is 12.1. The predicted octanol–water partition coefficient (Wildman–Crippen LogP) is 1.17. The summed E-state index contributed by atoms with van der Waals surface area (Å²) in [4.78, 5) is 27.5. The third-order valence-electron chi connectivity index (χ3n) is 2.60. The summed E-state index contributed by atoms with van der Waals surface area (Å²) in [6.45, 7) is 4.18. The highest BCUT2D eigenvalue weighted by Gasteiger charge is 2.32. The van der Waals surface area contributed by atoms with Crippen molar-refractivity contribution in [2.45, 2.75) is 18.9 Å². The zero-order chi connectivity index (χ0) is 11.5. The molecule has 0 radical (unpaired) electrons. The van der Waals surface area contributed by atoms with Crippen molar-refractivity contribution < 1.29 is 4.79 Å². The number of nitrogens with zero attached hydrogens (tertiary/aromatic N) is 1. The number of amides is 1. The van der Waals surface area contributed by atoms with Crippen LogP contribution in [0.5, 0.6) is 0 Å². The first-order valence-corrected chi connectivity index (χ1v) is 5.33. The molecule has 1 aliphatic carbocycles. The second-order valence-electron chi connectivity index (χ2n) is 3.92. The Labute approximate surface area is 93.6 Å². The van der Waals surface area contributed by atoms with Crippen LogP contribution >= 0.6 is 0 Å². The number of pyridine rings is 1. The first-order valence-electron chi connectivity index (χ1n) is 5.33. The van der Waals surface area contributed by atoms with E-state index in [0.29, 0.717) is 18.2 Å². The van der Waals surface area contributed by atoms with Crippen molar-refractivity contribution in [2.75, 3.05) is 6.54 Å². The molecule has 0 spiro atoms. The van der Waals surface area contributed by atoms with Gasteiger partial charge in [0.1, 0.15) is 0 Å². The van der Waals surface area contributed by atoms with Gasteiger partial charge in [0.15, 0.2) is 0 Å². The number of aromatic amines is 1. The third-order valence-corrected chi connectivity index (χ3v) is 2.60. The van der Waals surface area contributed by atoms with E-state index in [9.17, 15) is 9.59 Å². The lowest BCUT2D eigenvalue weighted by atomic mass is 10.2. The van der Waals surface area contributed by atoms with Crippen molar-refractivity contribution in [3.63, 3.8) is 0 Å². The minimum Gasteiger partial charge on any atom is -0.332 e. The Morgan fingerprint density at radius 2 is 2.38 bits per heavy atom. The highest BCUT2D eigenvalue weighted by molar-refractivity contribution is 5.94. The Morgan fingerprint density at radius 1 is 1.62 bits per heavy atom. The molecule has 0 atom stereocenters. The molecule has 0 unspecified atom stereocenters. The quantitative estimate of drug-likeness (QED) is 0.771. The van der Waals surface area contributed by atoms with Gasteiger partial charge in [-0.25, -0.2) is 0 Å². The Bertz CT molecular complexity index is 460. The molecular formula is C12H14N2O2. The van der Waals surface area contributed by atoms with E-state index in [1.807, 2.05) is 0 Å². The number of hydrogen-bond acceptors (Lipinski definition) is 2. The first-order chi connectivity index (χ1) is 7.72. The van der Waals surface area contributed by atoms with E-state index >= 15 is 0 Å².